The molecule has 0 aliphatic rings. The molecule has 1 amide bonds. The van der Waals surface area contributed by atoms with Crippen molar-refractivity contribution < 1.29 is 4.79 Å². The molecule has 0 atom stereocenters. The number of anilines is 1. The average Bonchev–Trinajstić information content (AvgIpc) is 3.28. The van der Waals surface area contributed by atoms with Gasteiger partial charge in [0.1, 0.15) is 0 Å². The fourth-order valence-electron chi connectivity index (χ4n) is 3.66. The second kappa shape index (κ2) is 6.16. The van der Waals surface area contributed by atoms with Gasteiger partial charge in [0.05, 0.1) is 0 Å². The first kappa shape index (κ1) is 16.4. The van der Waals surface area contributed by atoms with Gasteiger partial charge in [0.25, 0.3) is 11.7 Å². The highest BCUT2D eigenvalue weighted by Gasteiger charge is 2.16. The van der Waals surface area contributed by atoms with E-state index in [2.05, 4.69) is 44.0 Å². The van der Waals surface area contributed by atoms with Crippen molar-refractivity contribution in [1.82, 2.24) is 24.1 Å². The van der Waals surface area contributed by atoms with Gasteiger partial charge in [-0.25, -0.2) is 9.50 Å². The van der Waals surface area contributed by atoms with Gasteiger partial charge in [-0.1, -0.05) is 18.2 Å². The Labute approximate surface area is 160 Å². The van der Waals surface area contributed by atoms with E-state index in [1.54, 1.807) is 10.7 Å². The predicted molar refractivity (Wildman–Crippen MR) is 109 cm³/mol. The summed E-state index contributed by atoms with van der Waals surface area (Å²) in [6.07, 6.45) is 1.65. The van der Waals surface area contributed by atoms with E-state index in [0.29, 0.717) is 11.5 Å². The van der Waals surface area contributed by atoms with E-state index < -0.39 is 0 Å². The minimum Gasteiger partial charge on any atom is -0.341 e. The van der Waals surface area contributed by atoms with Gasteiger partial charge in [-0.3, -0.25) is 4.79 Å². The van der Waals surface area contributed by atoms with E-state index in [1.807, 2.05) is 43.3 Å². The first-order chi connectivity index (χ1) is 13.7. The van der Waals surface area contributed by atoms with E-state index in [1.165, 1.54) is 10.9 Å². The minimum atomic E-state index is -0.358. The lowest BCUT2D eigenvalue weighted by molar-refractivity contribution is 0.101. The van der Waals surface area contributed by atoms with E-state index in [0.717, 1.165) is 23.1 Å². The Morgan fingerprint density at radius 1 is 1.07 bits per heavy atom. The number of benzene rings is 2. The number of hydrogen-bond acceptors (Lipinski definition) is 4. The number of aromatic nitrogens is 5. The normalized spacial score (nSPS) is 11.5. The molecule has 0 aliphatic heterocycles. The number of carbonyl (C=O) groups is 1. The summed E-state index contributed by atoms with van der Waals surface area (Å²) < 4.78 is 3.83. The molecule has 5 rings (SSSR count). The maximum absolute atomic E-state index is 12.7. The third-order valence-electron chi connectivity index (χ3n) is 4.98. The fourth-order valence-corrected chi connectivity index (χ4v) is 3.66. The van der Waals surface area contributed by atoms with Gasteiger partial charge in [0.15, 0.2) is 0 Å². The van der Waals surface area contributed by atoms with Gasteiger partial charge in [-0.05, 0) is 44.2 Å². The van der Waals surface area contributed by atoms with Crippen LogP contribution in [0.15, 0.2) is 54.7 Å². The van der Waals surface area contributed by atoms with Crippen molar-refractivity contribution >= 4 is 39.2 Å². The molecule has 5 aromatic rings. The lowest BCUT2D eigenvalue weighted by Crippen LogP contribution is -2.14. The molecule has 0 bridgehead atoms. The molecule has 0 aliphatic carbocycles. The third-order valence-corrected chi connectivity index (χ3v) is 4.98. The molecule has 0 spiro atoms. The number of amides is 1. The topological polar surface area (TPSA) is 77.1 Å². The van der Waals surface area contributed by atoms with Crippen LogP contribution in [0.4, 0.5) is 5.69 Å². The van der Waals surface area contributed by atoms with Gasteiger partial charge in [0.2, 0.25) is 5.82 Å². The Kier molecular flexibility index (Phi) is 3.61. The van der Waals surface area contributed by atoms with Crippen molar-refractivity contribution in [2.75, 3.05) is 5.32 Å². The molecular formula is C21H18N6O. The van der Waals surface area contributed by atoms with Crippen molar-refractivity contribution in [1.29, 1.82) is 0 Å². The van der Waals surface area contributed by atoms with Crippen LogP contribution in [0, 0.1) is 6.92 Å². The highest BCUT2D eigenvalue weighted by atomic mass is 16.2. The number of aryl methyl sites for hydroxylation is 2. The van der Waals surface area contributed by atoms with Crippen LogP contribution in [0.2, 0.25) is 0 Å². The Bertz CT molecular complexity index is 1360. The largest absolute Gasteiger partial charge is 0.341 e. The molecule has 138 valence electrons. The van der Waals surface area contributed by atoms with Crippen LogP contribution in [0.25, 0.3) is 27.6 Å². The number of rotatable bonds is 3. The van der Waals surface area contributed by atoms with Crippen molar-refractivity contribution in [3.05, 3.63) is 66.2 Å². The highest BCUT2D eigenvalue weighted by Crippen LogP contribution is 2.31. The first-order valence-electron chi connectivity index (χ1n) is 9.16. The van der Waals surface area contributed by atoms with Crippen molar-refractivity contribution in [2.45, 2.75) is 20.4 Å². The quantitative estimate of drug-likeness (QED) is 0.524. The molecule has 3 heterocycles. The van der Waals surface area contributed by atoms with Crippen molar-refractivity contribution in [3.63, 3.8) is 0 Å². The van der Waals surface area contributed by atoms with Crippen LogP contribution >= 0.6 is 0 Å². The molecule has 0 fully saturated rings. The maximum Gasteiger partial charge on any atom is 0.295 e. The molecule has 2 aromatic carbocycles. The molecule has 7 heteroatoms. The van der Waals surface area contributed by atoms with Gasteiger partial charge in [0, 0.05) is 45.9 Å². The standard InChI is InChI=1S/C21H18N6O/c1-3-26-17-7-5-4-6-15(17)16-12-14(8-9-18(16)26)23-20(28)19-24-21-22-11-10-13(2)27(21)25-19/h4-12H,3H2,1-2H3,(H,23,28). The summed E-state index contributed by atoms with van der Waals surface area (Å²) >= 11 is 0. The summed E-state index contributed by atoms with van der Waals surface area (Å²) in [5.41, 5.74) is 3.91. The van der Waals surface area contributed by atoms with Crippen molar-refractivity contribution in [2.24, 2.45) is 0 Å². The molecule has 0 unspecified atom stereocenters. The van der Waals surface area contributed by atoms with Crippen LogP contribution in [0.5, 0.6) is 0 Å². The van der Waals surface area contributed by atoms with Crippen LogP contribution in [-0.4, -0.2) is 30.1 Å². The van der Waals surface area contributed by atoms with Crippen LogP contribution in [0.3, 0.4) is 0 Å². The zero-order valence-electron chi connectivity index (χ0n) is 15.5. The summed E-state index contributed by atoms with van der Waals surface area (Å²) in [5, 5.41) is 9.45. The highest BCUT2D eigenvalue weighted by molar-refractivity contribution is 6.10. The van der Waals surface area contributed by atoms with Gasteiger partial charge < -0.3 is 9.88 Å². The smallest absolute Gasteiger partial charge is 0.295 e. The Morgan fingerprint density at radius 3 is 2.71 bits per heavy atom. The van der Waals surface area contributed by atoms with Gasteiger partial charge >= 0.3 is 0 Å². The molecular weight excluding hydrogens is 352 g/mol. The monoisotopic (exact) mass is 370 g/mol. The summed E-state index contributed by atoms with van der Waals surface area (Å²) in [5.74, 6) is 0.146. The van der Waals surface area contributed by atoms with E-state index in [4.69, 9.17) is 0 Å². The van der Waals surface area contributed by atoms with E-state index >= 15 is 0 Å². The Morgan fingerprint density at radius 2 is 1.89 bits per heavy atom. The second-order valence-corrected chi connectivity index (χ2v) is 6.68. The number of para-hydroxylation sites is 1. The van der Waals surface area contributed by atoms with Crippen molar-refractivity contribution in [3.8, 4) is 0 Å². The molecule has 7 nitrogen and oxygen atoms in total. The van der Waals surface area contributed by atoms with E-state index in [9.17, 15) is 4.79 Å². The Balaban J connectivity index is 1.55. The average molecular weight is 370 g/mol. The SMILES string of the molecule is CCn1c2ccccc2c2cc(NC(=O)c3nc4nccc(C)n4n3)ccc21. The molecule has 3 aromatic heterocycles. The lowest BCUT2D eigenvalue weighted by Gasteiger charge is -2.05. The minimum absolute atomic E-state index is 0.0953. The zero-order valence-corrected chi connectivity index (χ0v) is 15.5. The summed E-state index contributed by atoms with van der Waals surface area (Å²) in [7, 11) is 0. The maximum atomic E-state index is 12.7. The zero-order chi connectivity index (χ0) is 19.3. The fraction of sp³-hybridized carbons (Fsp3) is 0.143. The molecule has 0 saturated heterocycles. The summed E-state index contributed by atoms with van der Waals surface area (Å²) in [4.78, 5) is 21.0. The molecule has 1 N–H and O–H groups in total. The third kappa shape index (κ3) is 2.44. The van der Waals surface area contributed by atoms with E-state index in [-0.39, 0.29) is 11.7 Å². The lowest BCUT2D eigenvalue weighted by atomic mass is 10.1. The van der Waals surface area contributed by atoms with Gasteiger partial charge in [-0.2, -0.15) is 4.98 Å². The first-order valence-corrected chi connectivity index (χ1v) is 9.16. The summed E-state index contributed by atoms with van der Waals surface area (Å²) in [6, 6.07) is 16.1. The molecule has 0 radical (unpaired) electrons. The number of hydrogen-bond donors (Lipinski definition) is 1. The van der Waals surface area contributed by atoms with Gasteiger partial charge in [-0.15, -0.1) is 5.10 Å². The van der Waals surface area contributed by atoms with Crippen LogP contribution < -0.4 is 5.32 Å². The van der Waals surface area contributed by atoms with Crippen LogP contribution in [0.1, 0.15) is 23.2 Å². The van der Waals surface area contributed by atoms with Crippen LogP contribution in [-0.2, 0) is 6.54 Å². The predicted octanol–water partition coefficient (Wildman–Crippen LogP) is 3.81. The number of fused-ring (bicyclic) bond motifs is 4. The summed E-state index contributed by atoms with van der Waals surface area (Å²) in [6.45, 7) is 4.91. The second-order valence-electron chi connectivity index (χ2n) is 6.68. The Hall–Kier alpha value is -3.74. The number of carbonyl (C=O) groups excluding carboxylic acids is 1. The number of nitrogens with zero attached hydrogens (tertiary/aromatic N) is 5. The molecule has 0 saturated carbocycles. The molecule has 28 heavy (non-hydrogen) atoms. The number of nitrogens with one attached hydrogen (secondary N) is 1.